The van der Waals surface area contributed by atoms with Gasteiger partial charge in [-0.05, 0) is 19.3 Å². The second kappa shape index (κ2) is 11.6. The molecule has 1 aromatic rings. The van der Waals surface area contributed by atoms with E-state index in [4.69, 9.17) is 4.42 Å². The van der Waals surface area contributed by atoms with E-state index < -0.39 is 0 Å². The fourth-order valence-corrected chi connectivity index (χ4v) is 5.35. The van der Waals surface area contributed by atoms with Crippen LogP contribution in [0.3, 0.4) is 0 Å². The molecular formula is C24H41N5O3. The van der Waals surface area contributed by atoms with E-state index in [-0.39, 0.29) is 12.0 Å². The van der Waals surface area contributed by atoms with E-state index in [0.717, 1.165) is 84.2 Å². The number of rotatable bonds is 9. The molecule has 0 aromatic carbocycles. The number of unbranched alkanes of at least 4 members (excludes halogenated alkanes) is 1. The summed E-state index contributed by atoms with van der Waals surface area (Å²) in [5, 5.41) is 10.1. The Morgan fingerprint density at radius 3 is 2.47 bits per heavy atom. The van der Waals surface area contributed by atoms with Gasteiger partial charge in [0.05, 0.1) is 12.6 Å². The predicted molar refractivity (Wildman–Crippen MR) is 123 cm³/mol. The van der Waals surface area contributed by atoms with Gasteiger partial charge in [-0.3, -0.25) is 19.5 Å². The van der Waals surface area contributed by atoms with Crippen LogP contribution in [0.5, 0.6) is 0 Å². The zero-order valence-corrected chi connectivity index (χ0v) is 19.8. The summed E-state index contributed by atoms with van der Waals surface area (Å²) in [5.74, 6) is 0.617. The van der Waals surface area contributed by atoms with Crippen molar-refractivity contribution in [2.75, 3.05) is 58.9 Å². The number of hydrogen-bond donors (Lipinski definition) is 1. The Morgan fingerprint density at radius 1 is 1.09 bits per heavy atom. The molecule has 1 amide bonds. The number of piperazine rings is 2. The monoisotopic (exact) mass is 447 g/mol. The minimum atomic E-state index is -0.221. The van der Waals surface area contributed by atoms with Crippen molar-refractivity contribution in [3.8, 4) is 0 Å². The van der Waals surface area contributed by atoms with Gasteiger partial charge in [0.15, 0.2) is 5.69 Å². The van der Waals surface area contributed by atoms with Crippen LogP contribution < -0.4 is 0 Å². The first-order valence-corrected chi connectivity index (χ1v) is 12.7. The molecule has 3 heterocycles. The summed E-state index contributed by atoms with van der Waals surface area (Å²) in [4.78, 5) is 26.5. The molecule has 0 spiro atoms. The Bertz CT molecular complexity index is 704. The zero-order chi connectivity index (χ0) is 22.3. The van der Waals surface area contributed by atoms with Gasteiger partial charge in [-0.15, -0.1) is 0 Å². The average molecular weight is 448 g/mol. The van der Waals surface area contributed by atoms with Gasteiger partial charge in [0, 0.05) is 64.9 Å². The van der Waals surface area contributed by atoms with Gasteiger partial charge in [-0.1, -0.05) is 32.6 Å². The lowest BCUT2D eigenvalue weighted by atomic mass is 10.1. The van der Waals surface area contributed by atoms with Crippen LogP contribution in [0.1, 0.15) is 68.2 Å². The summed E-state index contributed by atoms with van der Waals surface area (Å²) < 4.78 is 5.65. The van der Waals surface area contributed by atoms with Gasteiger partial charge in [0.2, 0.25) is 5.89 Å². The normalized spacial score (nSPS) is 23.1. The van der Waals surface area contributed by atoms with Crippen molar-refractivity contribution >= 4 is 5.91 Å². The number of amides is 1. The van der Waals surface area contributed by atoms with E-state index in [0.29, 0.717) is 18.1 Å². The fraction of sp³-hybridized carbons (Fsp3) is 0.833. The number of carbonyl (C=O) groups excluding carboxylic acids is 1. The van der Waals surface area contributed by atoms with Crippen LogP contribution in [0.15, 0.2) is 10.7 Å². The van der Waals surface area contributed by atoms with Gasteiger partial charge in [-0.2, -0.15) is 0 Å². The smallest absolute Gasteiger partial charge is 0.275 e. The molecule has 1 saturated carbocycles. The van der Waals surface area contributed by atoms with Crippen LogP contribution >= 0.6 is 0 Å². The Balaban J connectivity index is 1.19. The molecule has 2 saturated heterocycles. The molecule has 1 N–H and O–H groups in total. The lowest BCUT2D eigenvalue weighted by Gasteiger charge is -2.37. The molecule has 32 heavy (non-hydrogen) atoms. The lowest BCUT2D eigenvalue weighted by Crippen LogP contribution is -2.51. The summed E-state index contributed by atoms with van der Waals surface area (Å²) in [5.41, 5.74) is 0.437. The highest BCUT2D eigenvalue weighted by Gasteiger charge is 2.29. The summed E-state index contributed by atoms with van der Waals surface area (Å²) in [6, 6.07) is 0.728. The molecule has 1 aliphatic carbocycles. The van der Waals surface area contributed by atoms with Crippen LogP contribution in [-0.4, -0.2) is 107 Å². The maximum atomic E-state index is 12.9. The van der Waals surface area contributed by atoms with E-state index in [1.54, 1.807) is 0 Å². The maximum Gasteiger partial charge on any atom is 0.275 e. The Labute approximate surface area is 192 Å². The number of nitrogens with zero attached hydrogens (tertiary/aromatic N) is 5. The highest BCUT2D eigenvalue weighted by molar-refractivity contribution is 5.92. The Kier molecular flexibility index (Phi) is 8.57. The Morgan fingerprint density at radius 2 is 1.78 bits per heavy atom. The number of carbonyl (C=O) groups is 1. The molecule has 3 aliphatic rings. The van der Waals surface area contributed by atoms with Crippen molar-refractivity contribution in [1.82, 2.24) is 24.6 Å². The molecule has 0 unspecified atom stereocenters. The molecule has 180 valence electrons. The second-order valence-corrected chi connectivity index (χ2v) is 9.77. The molecule has 3 fully saturated rings. The summed E-state index contributed by atoms with van der Waals surface area (Å²) in [6.45, 7) is 10.8. The van der Waals surface area contributed by atoms with Gasteiger partial charge in [-0.25, -0.2) is 4.98 Å². The fourth-order valence-electron chi connectivity index (χ4n) is 5.35. The standard InChI is InChI=1S/C24H41N5O3/c1-2-3-8-21(30)17-26-9-11-27(12-10-26)18-23-25-22(19-32-23)24(31)29-15-13-28(14-16-29)20-6-4-5-7-20/h19-21,30H,2-18H2,1H3/t21-/m0/s1. The topological polar surface area (TPSA) is 76.3 Å². The minimum absolute atomic E-state index is 0.00282. The molecule has 1 atom stereocenters. The van der Waals surface area contributed by atoms with Gasteiger partial charge in [0.25, 0.3) is 5.91 Å². The van der Waals surface area contributed by atoms with E-state index >= 15 is 0 Å². The third kappa shape index (κ3) is 6.31. The molecule has 8 heteroatoms. The third-order valence-corrected chi connectivity index (χ3v) is 7.40. The van der Waals surface area contributed by atoms with Crippen molar-refractivity contribution in [3.05, 3.63) is 17.8 Å². The minimum Gasteiger partial charge on any atom is -0.447 e. The molecule has 8 nitrogen and oxygen atoms in total. The first-order chi connectivity index (χ1) is 15.6. The van der Waals surface area contributed by atoms with Crippen LogP contribution in [0.4, 0.5) is 0 Å². The third-order valence-electron chi connectivity index (χ3n) is 7.40. The van der Waals surface area contributed by atoms with Crippen LogP contribution in [0.2, 0.25) is 0 Å². The Hall–Kier alpha value is -1.48. The SMILES string of the molecule is CCCC[C@H](O)CN1CCN(Cc2nc(C(=O)N3CCN(C4CCCC4)CC3)co2)CC1. The molecule has 1 aromatic heterocycles. The summed E-state index contributed by atoms with van der Waals surface area (Å²) >= 11 is 0. The second-order valence-electron chi connectivity index (χ2n) is 9.77. The first-order valence-electron chi connectivity index (χ1n) is 12.7. The summed E-state index contributed by atoms with van der Waals surface area (Å²) in [6.07, 6.45) is 9.73. The highest BCUT2D eigenvalue weighted by atomic mass is 16.3. The zero-order valence-electron chi connectivity index (χ0n) is 19.8. The van der Waals surface area contributed by atoms with Crippen molar-refractivity contribution in [2.45, 2.75) is 70.6 Å². The average Bonchev–Trinajstić information content (AvgIpc) is 3.51. The maximum absolute atomic E-state index is 12.9. The van der Waals surface area contributed by atoms with E-state index in [1.165, 1.54) is 31.9 Å². The van der Waals surface area contributed by atoms with Crippen molar-refractivity contribution in [2.24, 2.45) is 0 Å². The quantitative estimate of drug-likeness (QED) is 0.621. The van der Waals surface area contributed by atoms with Gasteiger partial charge < -0.3 is 14.4 Å². The number of aliphatic hydroxyl groups is 1. The molecule has 4 rings (SSSR count). The number of oxazole rings is 1. The predicted octanol–water partition coefficient (Wildman–Crippen LogP) is 2.04. The molecule has 0 bridgehead atoms. The van der Waals surface area contributed by atoms with Crippen molar-refractivity contribution in [1.29, 1.82) is 0 Å². The number of aromatic nitrogens is 1. The van der Waals surface area contributed by atoms with Gasteiger partial charge >= 0.3 is 0 Å². The van der Waals surface area contributed by atoms with Crippen LogP contribution in [-0.2, 0) is 6.54 Å². The number of β-amino-alcohol motifs (C(OH)–C–C–N with tert-alkyl or cyclic N) is 1. The number of hydrogen-bond acceptors (Lipinski definition) is 7. The van der Waals surface area contributed by atoms with Crippen LogP contribution in [0, 0.1) is 0 Å². The lowest BCUT2D eigenvalue weighted by molar-refractivity contribution is 0.0567. The number of aliphatic hydroxyl groups excluding tert-OH is 1. The largest absolute Gasteiger partial charge is 0.447 e. The van der Waals surface area contributed by atoms with E-state index in [9.17, 15) is 9.90 Å². The van der Waals surface area contributed by atoms with Crippen LogP contribution in [0.25, 0.3) is 0 Å². The van der Waals surface area contributed by atoms with Gasteiger partial charge in [0.1, 0.15) is 6.26 Å². The van der Waals surface area contributed by atoms with E-state index in [2.05, 4.69) is 26.6 Å². The molecule has 2 aliphatic heterocycles. The molecular weight excluding hydrogens is 406 g/mol. The van der Waals surface area contributed by atoms with Crippen molar-refractivity contribution in [3.63, 3.8) is 0 Å². The van der Waals surface area contributed by atoms with E-state index in [1.807, 2.05) is 4.90 Å². The molecule has 0 radical (unpaired) electrons. The van der Waals surface area contributed by atoms with Crippen molar-refractivity contribution < 1.29 is 14.3 Å². The first kappa shape index (κ1) is 23.7. The summed E-state index contributed by atoms with van der Waals surface area (Å²) in [7, 11) is 0. The highest BCUT2D eigenvalue weighted by Crippen LogP contribution is 2.24.